The predicted molar refractivity (Wildman–Crippen MR) is 74.5 cm³/mol. The number of hydrogen-bond donors (Lipinski definition) is 1. The SMILES string of the molecule is C[C@H](CN[C@@H]1CC(C)(C)OC1(C)C)CS(C)(=O)=O. The van der Waals surface area contributed by atoms with Crippen LogP contribution in [0.25, 0.3) is 0 Å². The highest BCUT2D eigenvalue weighted by molar-refractivity contribution is 7.90. The van der Waals surface area contributed by atoms with Crippen molar-refractivity contribution in [3.05, 3.63) is 0 Å². The van der Waals surface area contributed by atoms with E-state index in [2.05, 4.69) is 33.0 Å². The van der Waals surface area contributed by atoms with Gasteiger partial charge in [0, 0.05) is 12.3 Å². The van der Waals surface area contributed by atoms with Crippen LogP contribution in [0.2, 0.25) is 0 Å². The zero-order valence-corrected chi connectivity index (χ0v) is 13.2. The quantitative estimate of drug-likeness (QED) is 0.829. The first-order valence-corrected chi connectivity index (χ1v) is 8.59. The molecule has 0 amide bonds. The lowest BCUT2D eigenvalue weighted by atomic mass is 9.94. The first kappa shape index (κ1) is 15.9. The second-order valence-electron chi connectivity index (χ2n) is 6.83. The highest BCUT2D eigenvalue weighted by atomic mass is 32.2. The van der Waals surface area contributed by atoms with Crippen LogP contribution in [-0.2, 0) is 14.6 Å². The summed E-state index contributed by atoms with van der Waals surface area (Å²) < 4.78 is 28.4. The second-order valence-corrected chi connectivity index (χ2v) is 9.01. The van der Waals surface area contributed by atoms with Crippen molar-refractivity contribution in [2.45, 2.75) is 58.3 Å². The van der Waals surface area contributed by atoms with E-state index in [-0.39, 0.29) is 28.9 Å². The van der Waals surface area contributed by atoms with E-state index in [1.165, 1.54) is 6.26 Å². The molecule has 0 aromatic heterocycles. The summed E-state index contributed by atoms with van der Waals surface area (Å²) in [5.74, 6) is 0.358. The fourth-order valence-electron chi connectivity index (χ4n) is 2.80. The highest BCUT2D eigenvalue weighted by Crippen LogP contribution is 2.37. The van der Waals surface area contributed by atoms with Crippen molar-refractivity contribution in [2.75, 3.05) is 18.6 Å². The normalized spacial score (nSPS) is 28.2. The minimum absolute atomic E-state index is 0.110. The molecule has 1 heterocycles. The molecule has 1 aliphatic heterocycles. The largest absolute Gasteiger partial charge is 0.368 e. The van der Waals surface area contributed by atoms with Crippen molar-refractivity contribution in [1.82, 2.24) is 5.32 Å². The molecule has 18 heavy (non-hydrogen) atoms. The van der Waals surface area contributed by atoms with Crippen molar-refractivity contribution in [3.8, 4) is 0 Å². The maximum absolute atomic E-state index is 11.2. The standard InChI is InChI=1S/C13H27NO3S/c1-10(9-18(6,15)16)8-14-11-7-12(2,3)17-13(11,4)5/h10-11,14H,7-9H2,1-6H3/t10-,11-/m1/s1. The first-order valence-electron chi connectivity index (χ1n) is 6.53. The number of nitrogens with one attached hydrogen (secondary N) is 1. The number of hydrogen-bond acceptors (Lipinski definition) is 4. The third-order valence-corrected chi connectivity index (χ3v) is 4.55. The lowest BCUT2D eigenvalue weighted by Gasteiger charge is -2.28. The lowest BCUT2D eigenvalue weighted by molar-refractivity contribution is -0.0699. The lowest BCUT2D eigenvalue weighted by Crippen LogP contribution is -2.45. The molecular formula is C13H27NO3S. The van der Waals surface area contributed by atoms with E-state index in [1.807, 2.05) is 6.92 Å². The molecule has 0 spiro atoms. The minimum Gasteiger partial charge on any atom is -0.368 e. The van der Waals surface area contributed by atoms with Crippen LogP contribution in [0.3, 0.4) is 0 Å². The van der Waals surface area contributed by atoms with Crippen molar-refractivity contribution in [3.63, 3.8) is 0 Å². The van der Waals surface area contributed by atoms with E-state index in [4.69, 9.17) is 4.74 Å². The molecule has 4 nitrogen and oxygen atoms in total. The second kappa shape index (κ2) is 5.10. The Hall–Kier alpha value is -0.130. The van der Waals surface area contributed by atoms with Gasteiger partial charge in [-0.2, -0.15) is 0 Å². The van der Waals surface area contributed by atoms with Crippen LogP contribution in [0.5, 0.6) is 0 Å². The molecule has 0 radical (unpaired) electrons. The summed E-state index contributed by atoms with van der Waals surface area (Å²) in [5.41, 5.74) is -0.310. The summed E-state index contributed by atoms with van der Waals surface area (Å²) in [6.45, 7) is 11.0. The zero-order valence-electron chi connectivity index (χ0n) is 12.4. The van der Waals surface area contributed by atoms with Crippen molar-refractivity contribution < 1.29 is 13.2 Å². The Kier molecular flexibility index (Phi) is 4.51. The Labute approximate surface area is 111 Å². The van der Waals surface area contributed by atoms with Crippen molar-refractivity contribution >= 4 is 9.84 Å². The van der Waals surface area contributed by atoms with Gasteiger partial charge in [0.15, 0.2) is 0 Å². The Morgan fingerprint density at radius 3 is 2.28 bits per heavy atom. The molecule has 0 bridgehead atoms. The fourth-order valence-corrected chi connectivity index (χ4v) is 3.95. The van der Waals surface area contributed by atoms with Gasteiger partial charge in [0.25, 0.3) is 0 Å². The van der Waals surface area contributed by atoms with Crippen molar-refractivity contribution in [2.24, 2.45) is 5.92 Å². The summed E-state index contributed by atoms with van der Waals surface area (Å²) >= 11 is 0. The summed E-state index contributed by atoms with van der Waals surface area (Å²) in [6, 6.07) is 0.273. The summed E-state index contributed by atoms with van der Waals surface area (Å²) in [6.07, 6.45) is 2.24. The fraction of sp³-hybridized carbons (Fsp3) is 1.00. The smallest absolute Gasteiger partial charge is 0.147 e. The van der Waals surface area contributed by atoms with Crippen LogP contribution in [0.1, 0.15) is 41.0 Å². The van der Waals surface area contributed by atoms with E-state index in [1.54, 1.807) is 0 Å². The third kappa shape index (κ3) is 4.86. The van der Waals surface area contributed by atoms with Gasteiger partial charge in [0.1, 0.15) is 9.84 Å². The average molecular weight is 277 g/mol. The molecule has 0 aliphatic carbocycles. The van der Waals surface area contributed by atoms with Crippen LogP contribution in [0.15, 0.2) is 0 Å². The number of sulfone groups is 1. The van der Waals surface area contributed by atoms with Crippen LogP contribution < -0.4 is 5.32 Å². The molecular weight excluding hydrogens is 250 g/mol. The van der Waals surface area contributed by atoms with E-state index in [0.29, 0.717) is 6.54 Å². The summed E-state index contributed by atoms with van der Waals surface area (Å²) in [7, 11) is -2.89. The van der Waals surface area contributed by atoms with E-state index >= 15 is 0 Å². The van der Waals surface area contributed by atoms with E-state index in [0.717, 1.165) is 6.42 Å². The molecule has 1 rings (SSSR count). The van der Waals surface area contributed by atoms with Gasteiger partial charge in [0.2, 0.25) is 0 Å². The van der Waals surface area contributed by atoms with E-state index < -0.39 is 9.84 Å². The van der Waals surface area contributed by atoms with Crippen LogP contribution in [-0.4, -0.2) is 44.2 Å². The van der Waals surface area contributed by atoms with Crippen LogP contribution in [0, 0.1) is 5.92 Å². The minimum atomic E-state index is -2.89. The maximum Gasteiger partial charge on any atom is 0.147 e. The number of rotatable bonds is 5. The molecule has 1 aliphatic rings. The van der Waals surface area contributed by atoms with Crippen LogP contribution >= 0.6 is 0 Å². The molecule has 1 saturated heterocycles. The summed E-state index contributed by atoms with van der Waals surface area (Å²) in [4.78, 5) is 0. The molecule has 0 saturated carbocycles. The van der Waals surface area contributed by atoms with Gasteiger partial charge in [-0.25, -0.2) is 8.42 Å². The average Bonchev–Trinajstić information content (AvgIpc) is 2.27. The molecule has 1 N–H and O–H groups in total. The molecule has 0 unspecified atom stereocenters. The third-order valence-electron chi connectivity index (χ3n) is 3.37. The van der Waals surface area contributed by atoms with Crippen molar-refractivity contribution in [1.29, 1.82) is 0 Å². The van der Waals surface area contributed by atoms with Gasteiger partial charge in [-0.05, 0) is 46.6 Å². The molecule has 5 heteroatoms. The predicted octanol–water partition coefficient (Wildman–Crippen LogP) is 1.60. The maximum atomic E-state index is 11.2. The van der Waals surface area contributed by atoms with Gasteiger partial charge in [-0.1, -0.05) is 6.92 Å². The Morgan fingerprint density at radius 2 is 1.89 bits per heavy atom. The molecule has 0 aromatic carbocycles. The number of ether oxygens (including phenoxy) is 1. The van der Waals surface area contributed by atoms with Gasteiger partial charge in [-0.15, -0.1) is 0 Å². The topological polar surface area (TPSA) is 55.4 Å². The summed E-state index contributed by atoms with van der Waals surface area (Å²) in [5, 5.41) is 3.46. The Balaban J connectivity index is 2.49. The molecule has 2 atom stereocenters. The first-order chi connectivity index (χ1) is 7.91. The Bertz CT molecular complexity index is 387. The highest BCUT2D eigenvalue weighted by Gasteiger charge is 2.45. The zero-order chi connectivity index (χ0) is 14.2. The van der Waals surface area contributed by atoms with Gasteiger partial charge < -0.3 is 10.1 Å². The monoisotopic (exact) mass is 277 g/mol. The van der Waals surface area contributed by atoms with Crippen LogP contribution in [0.4, 0.5) is 0 Å². The van der Waals surface area contributed by atoms with Gasteiger partial charge >= 0.3 is 0 Å². The molecule has 108 valence electrons. The molecule has 0 aromatic rings. The van der Waals surface area contributed by atoms with E-state index in [9.17, 15) is 8.42 Å². The molecule has 1 fully saturated rings. The van der Waals surface area contributed by atoms with Gasteiger partial charge in [0.05, 0.1) is 17.0 Å². The Morgan fingerprint density at radius 1 is 1.33 bits per heavy atom. The van der Waals surface area contributed by atoms with Gasteiger partial charge in [-0.3, -0.25) is 0 Å².